The third kappa shape index (κ3) is 2.79. The van der Waals surface area contributed by atoms with Crippen LogP contribution in [0.2, 0.25) is 0 Å². The van der Waals surface area contributed by atoms with Crippen molar-refractivity contribution in [3.8, 4) is 6.07 Å². The van der Waals surface area contributed by atoms with Crippen LogP contribution in [0.15, 0.2) is 24.3 Å². The third-order valence-corrected chi connectivity index (χ3v) is 1.72. The molecule has 0 atom stereocenters. The third-order valence-electron chi connectivity index (χ3n) is 1.72. The molecule has 2 amide bonds. The number of nitrogens with zero attached hydrogens (tertiary/aromatic N) is 1. The lowest BCUT2D eigenvalue weighted by Gasteiger charge is -2.04. The van der Waals surface area contributed by atoms with Gasteiger partial charge in [0, 0.05) is 12.7 Å². The molecule has 1 aromatic carbocycles. The molecular formula is C10H11N3O. The van der Waals surface area contributed by atoms with Gasteiger partial charge in [0.15, 0.2) is 0 Å². The zero-order valence-corrected chi connectivity index (χ0v) is 7.87. The van der Waals surface area contributed by atoms with Crippen LogP contribution >= 0.6 is 0 Å². The smallest absolute Gasteiger partial charge is 0.318 e. The average Bonchev–Trinajstić information content (AvgIpc) is 2.21. The maximum Gasteiger partial charge on any atom is 0.318 e. The molecule has 72 valence electrons. The Balaban J connectivity index is 2.65. The molecule has 0 heterocycles. The topological polar surface area (TPSA) is 64.9 Å². The van der Waals surface area contributed by atoms with Gasteiger partial charge in [0.2, 0.25) is 0 Å². The fourth-order valence-corrected chi connectivity index (χ4v) is 0.991. The lowest BCUT2D eigenvalue weighted by molar-refractivity contribution is 0.254. The monoisotopic (exact) mass is 189 g/mol. The Bertz CT molecular complexity index is 351. The SMILES string of the molecule is CNC(=O)Nc1ccc(CC#N)cc1. The highest BCUT2D eigenvalue weighted by atomic mass is 16.2. The minimum absolute atomic E-state index is 0.252. The van der Waals surface area contributed by atoms with E-state index in [0.29, 0.717) is 12.1 Å². The second-order valence-corrected chi connectivity index (χ2v) is 2.74. The molecule has 0 spiro atoms. The highest BCUT2D eigenvalue weighted by Crippen LogP contribution is 2.09. The lowest BCUT2D eigenvalue weighted by Crippen LogP contribution is -2.24. The largest absolute Gasteiger partial charge is 0.341 e. The van der Waals surface area contributed by atoms with E-state index in [0.717, 1.165) is 5.56 Å². The summed E-state index contributed by atoms with van der Waals surface area (Å²) < 4.78 is 0. The van der Waals surface area contributed by atoms with Crippen molar-refractivity contribution in [3.63, 3.8) is 0 Å². The summed E-state index contributed by atoms with van der Waals surface area (Å²) in [4.78, 5) is 10.9. The van der Waals surface area contributed by atoms with Crippen molar-refractivity contribution in [1.82, 2.24) is 5.32 Å². The number of nitriles is 1. The van der Waals surface area contributed by atoms with Gasteiger partial charge in [0.1, 0.15) is 0 Å². The Labute approximate surface area is 82.5 Å². The van der Waals surface area contributed by atoms with Crippen LogP contribution in [0.25, 0.3) is 0 Å². The Morgan fingerprint density at radius 2 is 2.07 bits per heavy atom. The van der Waals surface area contributed by atoms with Crippen molar-refractivity contribution < 1.29 is 4.79 Å². The number of hydrogen-bond donors (Lipinski definition) is 2. The molecule has 4 nitrogen and oxygen atoms in total. The average molecular weight is 189 g/mol. The van der Waals surface area contributed by atoms with Crippen molar-refractivity contribution >= 4 is 11.7 Å². The van der Waals surface area contributed by atoms with Gasteiger partial charge in [-0.1, -0.05) is 12.1 Å². The van der Waals surface area contributed by atoms with Crippen molar-refractivity contribution in [2.75, 3.05) is 12.4 Å². The fourth-order valence-electron chi connectivity index (χ4n) is 0.991. The molecule has 0 saturated carbocycles. The predicted molar refractivity (Wildman–Crippen MR) is 53.8 cm³/mol. The maximum absolute atomic E-state index is 10.9. The Kier molecular flexibility index (Phi) is 3.50. The molecule has 14 heavy (non-hydrogen) atoms. The van der Waals surface area contributed by atoms with Crippen LogP contribution < -0.4 is 10.6 Å². The number of carbonyl (C=O) groups excluding carboxylic acids is 1. The number of nitrogens with one attached hydrogen (secondary N) is 2. The summed E-state index contributed by atoms with van der Waals surface area (Å²) in [6.07, 6.45) is 0.389. The van der Waals surface area contributed by atoms with Gasteiger partial charge in [-0.05, 0) is 17.7 Å². The molecule has 0 aromatic heterocycles. The van der Waals surface area contributed by atoms with E-state index in [-0.39, 0.29) is 6.03 Å². The molecule has 0 aliphatic rings. The van der Waals surface area contributed by atoms with Crippen molar-refractivity contribution in [3.05, 3.63) is 29.8 Å². The molecule has 0 fully saturated rings. The van der Waals surface area contributed by atoms with E-state index in [4.69, 9.17) is 5.26 Å². The molecule has 1 rings (SSSR count). The van der Waals surface area contributed by atoms with Gasteiger partial charge >= 0.3 is 6.03 Å². The fraction of sp³-hybridized carbons (Fsp3) is 0.200. The molecular weight excluding hydrogens is 178 g/mol. The number of rotatable bonds is 2. The number of carbonyl (C=O) groups is 1. The van der Waals surface area contributed by atoms with E-state index < -0.39 is 0 Å². The number of urea groups is 1. The van der Waals surface area contributed by atoms with E-state index in [1.807, 2.05) is 12.1 Å². The van der Waals surface area contributed by atoms with E-state index in [1.54, 1.807) is 19.2 Å². The molecule has 0 aliphatic carbocycles. The van der Waals surface area contributed by atoms with E-state index in [9.17, 15) is 4.79 Å². The molecule has 2 N–H and O–H groups in total. The van der Waals surface area contributed by atoms with Crippen molar-refractivity contribution in [1.29, 1.82) is 5.26 Å². The van der Waals surface area contributed by atoms with Gasteiger partial charge < -0.3 is 10.6 Å². The van der Waals surface area contributed by atoms with Gasteiger partial charge in [-0.2, -0.15) is 5.26 Å². The standard InChI is InChI=1S/C10H11N3O/c1-12-10(14)13-9-4-2-8(3-5-9)6-7-11/h2-5H,6H2,1H3,(H2,12,13,14). The molecule has 1 aromatic rings. The number of amides is 2. The van der Waals surface area contributed by atoms with Crippen LogP contribution in [-0.2, 0) is 6.42 Å². The molecule has 0 aliphatic heterocycles. The first-order valence-electron chi connectivity index (χ1n) is 4.21. The molecule has 0 saturated heterocycles. The van der Waals surface area contributed by atoms with Gasteiger partial charge in [-0.25, -0.2) is 4.79 Å². The van der Waals surface area contributed by atoms with Gasteiger partial charge in [-0.3, -0.25) is 0 Å². The van der Waals surface area contributed by atoms with E-state index in [1.165, 1.54) is 0 Å². The number of anilines is 1. The summed E-state index contributed by atoms with van der Waals surface area (Å²) in [5.74, 6) is 0. The quantitative estimate of drug-likeness (QED) is 0.740. The molecule has 0 bridgehead atoms. The summed E-state index contributed by atoms with van der Waals surface area (Å²) in [6.45, 7) is 0. The second-order valence-electron chi connectivity index (χ2n) is 2.74. The predicted octanol–water partition coefficient (Wildman–Crippen LogP) is 1.50. The normalized spacial score (nSPS) is 8.86. The van der Waals surface area contributed by atoms with Gasteiger partial charge in [0.25, 0.3) is 0 Å². The van der Waals surface area contributed by atoms with Crippen LogP contribution in [0.3, 0.4) is 0 Å². The molecule has 0 unspecified atom stereocenters. The number of benzene rings is 1. The summed E-state index contributed by atoms with van der Waals surface area (Å²) in [7, 11) is 1.55. The maximum atomic E-state index is 10.9. The summed E-state index contributed by atoms with van der Waals surface area (Å²) in [5.41, 5.74) is 1.65. The van der Waals surface area contributed by atoms with Crippen LogP contribution in [0.5, 0.6) is 0 Å². The Morgan fingerprint density at radius 3 is 2.57 bits per heavy atom. The molecule has 0 radical (unpaired) electrons. The van der Waals surface area contributed by atoms with Crippen LogP contribution in [0.1, 0.15) is 5.56 Å². The Morgan fingerprint density at radius 1 is 1.43 bits per heavy atom. The highest BCUT2D eigenvalue weighted by Gasteiger charge is 1.97. The second kappa shape index (κ2) is 4.87. The van der Waals surface area contributed by atoms with Crippen molar-refractivity contribution in [2.45, 2.75) is 6.42 Å². The zero-order valence-electron chi connectivity index (χ0n) is 7.87. The first-order valence-corrected chi connectivity index (χ1v) is 4.21. The zero-order chi connectivity index (χ0) is 10.4. The van der Waals surface area contributed by atoms with Gasteiger partial charge in [0.05, 0.1) is 12.5 Å². The van der Waals surface area contributed by atoms with E-state index in [2.05, 4.69) is 16.7 Å². The minimum atomic E-state index is -0.252. The summed E-state index contributed by atoms with van der Waals surface area (Å²) in [5, 5.41) is 13.5. The van der Waals surface area contributed by atoms with Gasteiger partial charge in [-0.15, -0.1) is 0 Å². The van der Waals surface area contributed by atoms with Crippen molar-refractivity contribution in [2.24, 2.45) is 0 Å². The lowest BCUT2D eigenvalue weighted by atomic mass is 10.1. The summed E-state index contributed by atoms with van der Waals surface area (Å²) in [6, 6.07) is 8.96. The minimum Gasteiger partial charge on any atom is -0.341 e. The summed E-state index contributed by atoms with van der Waals surface area (Å²) >= 11 is 0. The van der Waals surface area contributed by atoms with Crippen LogP contribution in [-0.4, -0.2) is 13.1 Å². The number of hydrogen-bond acceptors (Lipinski definition) is 2. The van der Waals surface area contributed by atoms with E-state index >= 15 is 0 Å². The molecule has 4 heteroatoms. The first kappa shape index (κ1) is 10.1. The highest BCUT2D eigenvalue weighted by molar-refractivity contribution is 5.88. The van der Waals surface area contributed by atoms with Crippen LogP contribution in [0.4, 0.5) is 10.5 Å². The first-order chi connectivity index (χ1) is 6.76. The Hall–Kier alpha value is -2.02. The van der Waals surface area contributed by atoms with Crippen LogP contribution in [0, 0.1) is 11.3 Å².